The third-order valence-corrected chi connectivity index (χ3v) is 8.54. The van der Waals surface area contributed by atoms with Crippen molar-refractivity contribution in [3.8, 4) is 0 Å². The molecule has 2 aliphatic heterocycles. The molecule has 0 bridgehead atoms. The van der Waals surface area contributed by atoms with Gasteiger partial charge in [0.05, 0.1) is 23.4 Å². The highest BCUT2D eigenvalue weighted by atomic mass is 32.2. The molecule has 4 rings (SSSR count). The lowest BCUT2D eigenvalue weighted by Crippen LogP contribution is -2.50. The Morgan fingerprint density at radius 1 is 1.21 bits per heavy atom. The number of hydrazine groups is 1. The summed E-state index contributed by atoms with van der Waals surface area (Å²) in [5, 5.41) is 7.39. The number of alkyl halides is 1. The Kier molecular flexibility index (Phi) is 6.82. The van der Waals surface area contributed by atoms with Gasteiger partial charge in [0, 0.05) is 25.1 Å². The monoisotopic (exact) mass is 414 g/mol. The first-order chi connectivity index (χ1) is 13.5. The van der Waals surface area contributed by atoms with Gasteiger partial charge in [-0.1, -0.05) is 13.3 Å². The van der Waals surface area contributed by atoms with Crippen molar-refractivity contribution in [3.63, 3.8) is 0 Å². The van der Waals surface area contributed by atoms with Crippen molar-refractivity contribution in [1.82, 2.24) is 21.5 Å². The zero-order chi connectivity index (χ0) is 19.7. The van der Waals surface area contributed by atoms with Crippen molar-refractivity contribution < 1.29 is 13.9 Å². The second-order valence-electron chi connectivity index (χ2n) is 9.14. The van der Waals surface area contributed by atoms with Gasteiger partial charge in [0.15, 0.2) is 0 Å². The third-order valence-electron chi connectivity index (χ3n) is 7.16. The van der Waals surface area contributed by atoms with Gasteiger partial charge in [0.2, 0.25) is 5.91 Å². The van der Waals surface area contributed by atoms with Gasteiger partial charge >= 0.3 is 0 Å². The molecule has 2 saturated heterocycles. The molecule has 0 aromatic heterocycles. The number of halogens is 1. The highest BCUT2D eigenvalue weighted by Crippen LogP contribution is 2.39. The van der Waals surface area contributed by atoms with E-state index in [-0.39, 0.29) is 35.3 Å². The van der Waals surface area contributed by atoms with E-state index in [1.165, 1.54) is 6.42 Å². The average Bonchev–Trinajstić information content (AvgIpc) is 3.33. The molecule has 6 nitrogen and oxygen atoms in total. The van der Waals surface area contributed by atoms with E-state index in [4.69, 9.17) is 4.74 Å². The predicted molar refractivity (Wildman–Crippen MR) is 109 cm³/mol. The van der Waals surface area contributed by atoms with E-state index in [1.807, 2.05) is 11.8 Å². The molecule has 0 aromatic rings. The summed E-state index contributed by atoms with van der Waals surface area (Å²) < 4.78 is 19.6. The highest BCUT2D eigenvalue weighted by molar-refractivity contribution is 8.00. The number of carbonyl (C=O) groups is 1. The fourth-order valence-corrected chi connectivity index (χ4v) is 6.93. The summed E-state index contributed by atoms with van der Waals surface area (Å²) in [5.41, 5.74) is 6.70. The Labute approximate surface area is 171 Å². The number of rotatable bonds is 5. The van der Waals surface area contributed by atoms with E-state index in [1.54, 1.807) is 7.11 Å². The first-order valence-corrected chi connectivity index (χ1v) is 11.9. The Balaban J connectivity index is 1.28. The fraction of sp³-hybridized carbons (Fsp3) is 0.950. The summed E-state index contributed by atoms with van der Waals surface area (Å²) in [6.07, 6.45) is 5.80. The number of hydrogen-bond donors (Lipinski definition) is 4. The molecular weight excluding hydrogens is 379 g/mol. The lowest BCUT2D eigenvalue weighted by Gasteiger charge is -2.34. The van der Waals surface area contributed by atoms with Crippen LogP contribution in [0.15, 0.2) is 0 Å². The molecule has 4 N–H and O–H groups in total. The Morgan fingerprint density at radius 3 is 2.86 bits per heavy atom. The topological polar surface area (TPSA) is 74.4 Å². The number of nitrogens with one attached hydrogen (secondary N) is 4. The maximum Gasteiger partial charge on any atom is 0.237 e. The Hall–Kier alpha value is -0.410. The second kappa shape index (κ2) is 9.16. The van der Waals surface area contributed by atoms with Gasteiger partial charge in [-0.25, -0.2) is 15.2 Å². The van der Waals surface area contributed by atoms with Gasteiger partial charge in [-0.15, -0.1) is 11.8 Å². The lowest BCUT2D eigenvalue weighted by molar-refractivity contribution is -0.124. The first-order valence-electron chi connectivity index (χ1n) is 10.9. The molecule has 0 spiro atoms. The molecule has 28 heavy (non-hydrogen) atoms. The molecular formula is C20H35FN4O2S. The molecule has 4 fully saturated rings. The van der Waals surface area contributed by atoms with E-state index < -0.39 is 6.17 Å². The third kappa shape index (κ3) is 4.51. The molecule has 0 radical (unpaired) electrons. The normalized spacial score (nSPS) is 46.3. The van der Waals surface area contributed by atoms with Gasteiger partial charge < -0.3 is 15.4 Å². The number of methoxy groups -OCH3 is 1. The van der Waals surface area contributed by atoms with Crippen molar-refractivity contribution in [3.05, 3.63) is 0 Å². The van der Waals surface area contributed by atoms with Gasteiger partial charge in [0.25, 0.3) is 0 Å². The highest BCUT2D eigenvalue weighted by Gasteiger charge is 2.46. The fourth-order valence-electron chi connectivity index (χ4n) is 5.62. The molecule has 2 heterocycles. The van der Waals surface area contributed by atoms with Crippen LogP contribution in [0.1, 0.15) is 51.9 Å². The summed E-state index contributed by atoms with van der Waals surface area (Å²) in [4.78, 5) is 12.9. The van der Waals surface area contributed by atoms with Crippen LogP contribution in [0.4, 0.5) is 4.39 Å². The maximum absolute atomic E-state index is 14.3. The molecule has 2 aliphatic carbocycles. The second-order valence-corrected chi connectivity index (χ2v) is 10.5. The minimum Gasteiger partial charge on any atom is -0.382 e. The van der Waals surface area contributed by atoms with Crippen LogP contribution in [0.2, 0.25) is 0 Å². The Morgan fingerprint density at radius 2 is 2.07 bits per heavy atom. The van der Waals surface area contributed by atoms with Crippen LogP contribution in [0.3, 0.4) is 0 Å². The number of thioether (sulfide) groups is 1. The van der Waals surface area contributed by atoms with E-state index >= 15 is 0 Å². The van der Waals surface area contributed by atoms with E-state index in [9.17, 15) is 9.18 Å². The number of carbonyl (C=O) groups excluding carboxylic acids is 1. The lowest BCUT2D eigenvalue weighted by atomic mass is 9.77. The SMILES string of the molecule is COCC1NNC(C2CCCC(NC(=O)C3CC4C(F)CCC(C)C4N3)C2)S1. The Bertz CT molecular complexity index is 538. The van der Waals surface area contributed by atoms with Gasteiger partial charge in [0.1, 0.15) is 6.17 Å². The molecule has 1 amide bonds. The van der Waals surface area contributed by atoms with Crippen molar-refractivity contribution in [2.24, 2.45) is 17.8 Å². The summed E-state index contributed by atoms with van der Waals surface area (Å²) in [6, 6.07) is 0.139. The van der Waals surface area contributed by atoms with Crippen molar-refractivity contribution >= 4 is 17.7 Å². The quantitative estimate of drug-likeness (QED) is 0.551. The van der Waals surface area contributed by atoms with Crippen LogP contribution in [0, 0.1) is 17.8 Å². The number of amides is 1. The smallest absolute Gasteiger partial charge is 0.237 e. The van der Waals surface area contributed by atoms with Crippen molar-refractivity contribution in [1.29, 1.82) is 0 Å². The number of fused-ring (bicyclic) bond motifs is 1. The molecule has 4 aliphatic rings. The first kappa shape index (κ1) is 20.8. The standard InChI is InChI=1S/C20H35FN4O2S/c1-11-6-7-15(21)14-9-16(23-18(11)14)19(26)22-13-5-3-4-12(8-13)20-25-24-17(28-20)10-27-2/h11-18,20,23-25H,3-10H2,1-2H3,(H,22,26). The summed E-state index contributed by atoms with van der Waals surface area (Å²) in [6.45, 7) is 2.87. The van der Waals surface area contributed by atoms with Crippen molar-refractivity contribution in [2.75, 3.05) is 13.7 Å². The molecule has 0 aromatic carbocycles. The van der Waals surface area contributed by atoms with Crippen LogP contribution >= 0.6 is 11.8 Å². The van der Waals surface area contributed by atoms with Gasteiger partial charge in [-0.05, 0) is 50.4 Å². The van der Waals surface area contributed by atoms with Gasteiger partial charge in [-0.3, -0.25) is 4.79 Å². The molecule has 8 heteroatoms. The summed E-state index contributed by atoms with van der Waals surface area (Å²) >= 11 is 1.89. The van der Waals surface area contributed by atoms with E-state index in [2.05, 4.69) is 28.4 Å². The van der Waals surface area contributed by atoms with Crippen LogP contribution in [0.25, 0.3) is 0 Å². The minimum atomic E-state index is -0.761. The number of ether oxygens (including phenoxy) is 1. The van der Waals surface area contributed by atoms with Crippen LogP contribution in [0.5, 0.6) is 0 Å². The zero-order valence-corrected chi connectivity index (χ0v) is 17.8. The van der Waals surface area contributed by atoms with Gasteiger partial charge in [-0.2, -0.15) is 0 Å². The maximum atomic E-state index is 14.3. The zero-order valence-electron chi connectivity index (χ0n) is 17.0. The van der Waals surface area contributed by atoms with Crippen molar-refractivity contribution in [2.45, 2.75) is 86.9 Å². The molecule has 9 atom stereocenters. The predicted octanol–water partition coefficient (Wildman–Crippen LogP) is 1.92. The summed E-state index contributed by atoms with van der Waals surface area (Å²) in [5.74, 6) is 1.06. The van der Waals surface area contributed by atoms with Crippen LogP contribution < -0.4 is 21.5 Å². The molecule has 9 unspecified atom stereocenters. The number of hydrogen-bond acceptors (Lipinski definition) is 6. The average molecular weight is 415 g/mol. The van der Waals surface area contributed by atoms with Crippen LogP contribution in [-0.4, -0.2) is 54.7 Å². The van der Waals surface area contributed by atoms with Crippen LogP contribution in [-0.2, 0) is 9.53 Å². The largest absolute Gasteiger partial charge is 0.382 e. The summed E-state index contributed by atoms with van der Waals surface area (Å²) in [7, 11) is 1.72. The minimum absolute atomic E-state index is 0.00138. The molecule has 160 valence electrons. The molecule has 2 saturated carbocycles. The van der Waals surface area contributed by atoms with E-state index in [0.717, 1.165) is 25.7 Å². The van der Waals surface area contributed by atoms with E-state index in [0.29, 0.717) is 36.7 Å².